The van der Waals surface area contributed by atoms with Gasteiger partial charge in [-0.1, -0.05) is 0 Å². The van der Waals surface area contributed by atoms with Gasteiger partial charge in [-0.2, -0.15) is 0 Å². The van der Waals surface area contributed by atoms with Crippen molar-refractivity contribution in [2.75, 3.05) is 20.8 Å². The summed E-state index contributed by atoms with van der Waals surface area (Å²) < 4.78 is 10.1. The molecule has 0 aromatic heterocycles. The van der Waals surface area contributed by atoms with E-state index in [0.717, 1.165) is 0 Å². The van der Waals surface area contributed by atoms with Crippen LogP contribution in [-0.4, -0.2) is 25.7 Å². The summed E-state index contributed by atoms with van der Waals surface area (Å²) in [7, 11) is 2.94. The van der Waals surface area contributed by atoms with Crippen molar-refractivity contribution in [1.29, 1.82) is 0 Å². The lowest BCUT2D eigenvalue weighted by molar-refractivity contribution is -0.387. The van der Waals surface area contributed by atoms with Crippen LogP contribution in [0.4, 0.5) is 5.69 Å². The zero-order valence-corrected chi connectivity index (χ0v) is 9.36. The Morgan fingerprint density at radius 2 is 1.88 bits per heavy atom. The lowest BCUT2D eigenvalue weighted by Crippen LogP contribution is -2.51. The van der Waals surface area contributed by atoms with Crippen LogP contribution in [0, 0.1) is 10.1 Å². The van der Waals surface area contributed by atoms with E-state index in [0.29, 0.717) is 30.0 Å². The fourth-order valence-corrected chi connectivity index (χ4v) is 1.47. The first-order valence-electron chi connectivity index (χ1n) is 4.82. The summed E-state index contributed by atoms with van der Waals surface area (Å²) in [5.41, 5.74) is 4.34. The summed E-state index contributed by atoms with van der Waals surface area (Å²) in [4.78, 5) is 10.4. The minimum absolute atomic E-state index is 0.0429. The SMILES string of the molecule is COc1cc(CC[NH3+])c([N+](=O)[O-])cc1OC. The summed E-state index contributed by atoms with van der Waals surface area (Å²) in [6.07, 6.45) is 0.538. The number of methoxy groups -OCH3 is 2. The Bertz CT molecular complexity index is 393. The summed E-state index contributed by atoms with van der Waals surface area (Å²) >= 11 is 0. The van der Waals surface area contributed by atoms with E-state index in [2.05, 4.69) is 5.73 Å². The third-order valence-corrected chi connectivity index (χ3v) is 2.23. The molecule has 1 rings (SSSR count). The van der Waals surface area contributed by atoms with E-state index in [1.165, 1.54) is 20.3 Å². The van der Waals surface area contributed by atoms with Crippen LogP contribution in [0.5, 0.6) is 11.5 Å². The summed E-state index contributed by atoms with van der Waals surface area (Å²) in [5, 5.41) is 10.9. The highest BCUT2D eigenvalue weighted by Gasteiger charge is 2.18. The van der Waals surface area contributed by atoms with Crippen molar-refractivity contribution in [3.05, 3.63) is 27.8 Å². The van der Waals surface area contributed by atoms with Gasteiger partial charge in [0.25, 0.3) is 5.69 Å². The largest absolute Gasteiger partial charge is 0.493 e. The number of benzene rings is 1. The minimum atomic E-state index is -0.424. The number of quaternary nitrogens is 1. The number of rotatable bonds is 5. The number of hydrogen-bond donors (Lipinski definition) is 1. The average molecular weight is 227 g/mol. The highest BCUT2D eigenvalue weighted by Crippen LogP contribution is 2.34. The summed E-state index contributed by atoms with van der Waals surface area (Å²) in [6.45, 7) is 0.594. The highest BCUT2D eigenvalue weighted by atomic mass is 16.6. The predicted octanol–water partition coefficient (Wildman–Crippen LogP) is 0.396. The lowest BCUT2D eigenvalue weighted by atomic mass is 10.1. The van der Waals surface area contributed by atoms with Crippen LogP contribution < -0.4 is 15.2 Å². The van der Waals surface area contributed by atoms with E-state index < -0.39 is 4.92 Å². The van der Waals surface area contributed by atoms with Crippen LogP contribution >= 0.6 is 0 Å². The van der Waals surface area contributed by atoms with Crippen molar-refractivity contribution in [2.24, 2.45) is 0 Å². The van der Waals surface area contributed by atoms with Gasteiger partial charge in [0.05, 0.1) is 31.8 Å². The van der Waals surface area contributed by atoms with Gasteiger partial charge in [0.2, 0.25) is 0 Å². The maximum absolute atomic E-state index is 10.9. The van der Waals surface area contributed by atoms with Crippen molar-refractivity contribution in [2.45, 2.75) is 6.42 Å². The third-order valence-electron chi connectivity index (χ3n) is 2.23. The van der Waals surface area contributed by atoms with E-state index in [4.69, 9.17) is 9.47 Å². The van der Waals surface area contributed by atoms with Gasteiger partial charge in [0.1, 0.15) is 0 Å². The number of nitrogens with zero attached hydrogens (tertiary/aromatic N) is 1. The van der Waals surface area contributed by atoms with Crippen LogP contribution in [0.15, 0.2) is 12.1 Å². The molecule has 0 aliphatic heterocycles. The smallest absolute Gasteiger partial charge is 0.276 e. The zero-order valence-electron chi connectivity index (χ0n) is 9.36. The van der Waals surface area contributed by atoms with Gasteiger partial charge < -0.3 is 15.2 Å². The van der Waals surface area contributed by atoms with Gasteiger partial charge >= 0.3 is 0 Å². The summed E-state index contributed by atoms with van der Waals surface area (Å²) in [5.74, 6) is 0.860. The molecule has 0 bridgehead atoms. The van der Waals surface area contributed by atoms with E-state index in [-0.39, 0.29) is 5.69 Å². The average Bonchev–Trinajstić information content (AvgIpc) is 2.28. The third kappa shape index (κ3) is 2.40. The Hall–Kier alpha value is -1.82. The Labute approximate surface area is 93.1 Å². The molecule has 0 amide bonds. The first-order valence-corrected chi connectivity index (χ1v) is 4.82. The Morgan fingerprint density at radius 3 is 2.31 bits per heavy atom. The molecular weight excluding hydrogens is 212 g/mol. The lowest BCUT2D eigenvalue weighted by Gasteiger charge is -2.09. The molecule has 6 nitrogen and oxygen atoms in total. The Kier molecular flexibility index (Phi) is 4.07. The van der Waals surface area contributed by atoms with Crippen LogP contribution in [0.3, 0.4) is 0 Å². The first kappa shape index (κ1) is 12.3. The monoisotopic (exact) mass is 227 g/mol. The van der Waals surface area contributed by atoms with Gasteiger partial charge in [-0.05, 0) is 6.07 Å². The molecule has 1 aromatic rings. The number of ether oxygens (including phenoxy) is 2. The molecule has 6 heteroatoms. The van der Waals surface area contributed by atoms with Crippen LogP contribution in [0.2, 0.25) is 0 Å². The maximum Gasteiger partial charge on any atom is 0.276 e. The molecule has 0 unspecified atom stereocenters. The summed E-state index contributed by atoms with van der Waals surface area (Å²) in [6, 6.07) is 3.01. The first-order chi connectivity index (χ1) is 7.63. The molecule has 88 valence electrons. The molecule has 0 saturated carbocycles. The molecule has 0 spiro atoms. The van der Waals surface area contributed by atoms with Crippen LogP contribution in [0.1, 0.15) is 5.56 Å². The second kappa shape index (κ2) is 5.32. The van der Waals surface area contributed by atoms with E-state index in [1.807, 2.05) is 0 Å². The molecule has 0 saturated heterocycles. The van der Waals surface area contributed by atoms with Crippen molar-refractivity contribution in [3.63, 3.8) is 0 Å². The van der Waals surface area contributed by atoms with Crippen molar-refractivity contribution in [1.82, 2.24) is 0 Å². The van der Waals surface area contributed by atoms with Crippen LogP contribution in [-0.2, 0) is 6.42 Å². The maximum atomic E-state index is 10.9. The minimum Gasteiger partial charge on any atom is -0.493 e. The molecule has 0 fully saturated rings. The molecule has 0 aliphatic carbocycles. The van der Waals surface area contributed by atoms with Gasteiger partial charge in [-0.15, -0.1) is 0 Å². The molecule has 0 radical (unpaired) electrons. The van der Waals surface area contributed by atoms with Crippen molar-refractivity contribution in [3.8, 4) is 11.5 Å². The highest BCUT2D eigenvalue weighted by molar-refractivity contribution is 5.54. The van der Waals surface area contributed by atoms with Crippen molar-refractivity contribution >= 4 is 5.69 Å². The van der Waals surface area contributed by atoms with Gasteiger partial charge in [-0.25, -0.2) is 0 Å². The van der Waals surface area contributed by atoms with Gasteiger partial charge in [-0.3, -0.25) is 10.1 Å². The molecule has 0 aliphatic rings. The second-order valence-electron chi connectivity index (χ2n) is 3.20. The Morgan fingerprint density at radius 1 is 1.31 bits per heavy atom. The van der Waals surface area contributed by atoms with E-state index >= 15 is 0 Å². The zero-order chi connectivity index (χ0) is 12.1. The van der Waals surface area contributed by atoms with E-state index in [1.54, 1.807) is 6.07 Å². The van der Waals surface area contributed by atoms with Gasteiger partial charge in [0.15, 0.2) is 11.5 Å². The molecule has 16 heavy (non-hydrogen) atoms. The standard InChI is InChI=1S/C10H14N2O4/c1-15-9-5-7(3-4-11)8(12(13)14)6-10(9)16-2/h5-6H,3-4,11H2,1-2H3/p+1. The topological polar surface area (TPSA) is 89.2 Å². The molecule has 1 aromatic carbocycles. The Balaban J connectivity index is 3.29. The normalized spacial score (nSPS) is 9.94. The van der Waals surface area contributed by atoms with Crippen molar-refractivity contribution < 1.29 is 20.1 Å². The van der Waals surface area contributed by atoms with Crippen LogP contribution in [0.25, 0.3) is 0 Å². The molecule has 0 atom stereocenters. The number of hydrogen-bond acceptors (Lipinski definition) is 4. The molecule has 0 heterocycles. The fraction of sp³-hybridized carbons (Fsp3) is 0.400. The van der Waals surface area contributed by atoms with E-state index in [9.17, 15) is 10.1 Å². The molecule has 3 N–H and O–H groups in total. The molecular formula is C10H15N2O4+. The number of nitro benzene ring substituents is 1. The van der Waals surface area contributed by atoms with Gasteiger partial charge in [0, 0.05) is 12.0 Å². The fourth-order valence-electron chi connectivity index (χ4n) is 1.47. The number of nitro groups is 1. The predicted molar refractivity (Wildman–Crippen MR) is 57.7 cm³/mol. The second-order valence-corrected chi connectivity index (χ2v) is 3.20. The quantitative estimate of drug-likeness (QED) is 0.582.